The Balaban J connectivity index is 0.00000338. The molecule has 26 heavy (non-hydrogen) atoms. The molecule has 1 unspecified atom stereocenters. The van der Waals surface area contributed by atoms with Gasteiger partial charge in [-0.3, -0.25) is 4.79 Å². The van der Waals surface area contributed by atoms with Crippen molar-refractivity contribution in [2.75, 3.05) is 38.2 Å². The quantitative estimate of drug-likeness (QED) is 0.721. The first-order chi connectivity index (χ1) is 11.9. The highest BCUT2D eigenvalue weighted by atomic mass is 35.5. The van der Waals surface area contributed by atoms with E-state index in [9.17, 15) is 13.2 Å². The number of nitrogens with zero attached hydrogens (tertiary/aromatic N) is 1. The van der Waals surface area contributed by atoms with E-state index in [2.05, 4.69) is 10.6 Å². The molecule has 1 amide bonds. The van der Waals surface area contributed by atoms with Crippen molar-refractivity contribution in [2.45, 2.75) is 38.1 Å². The smallest absolute Gasteiger partial charge is 0.243 e. The molecule has 1 aliphatic heterocycles. The fourth-order valence-corrected chi connectivity index (χ4v) is 4.55. The summed E-state index contributed by atoms with van der Waals surface area (Å²) in [7, 11) is -3.57. The van der Waals surface area contributed by atoms with Crippen LogP contribution in [0.2, 0.25) is 0 Å². The first-order valence-electron chi connectivity index (χ1n) is 8.60. The summed E-state index contributed by atoms with van der Waals surface area (Å²) in [5.74, 6) is -0.168. The number of halogens is 1. The highest BCUT2D eigenvalue weighted by Gasteiger charge is 2.24. The second kappa shape index (κ2) is 10.2. The molecule has 2 N–H and O–H groups in total. The van der Waals surface area contributed by atoms with Gasteiger partial charge in [-0.15, -0.1) is 12.4 Å². The maximum Gasteiger partial charge on any atom is 0.243 e. The third-order valence-corrected chi connectivity index (χ3v) is 6.42. The van der Waals surface area contributed by atoms with Gasteiger partial charge in [0.15, 0.2) is 0 Å². The van der Waals surface area contributed by atoms with Gasteiger partial charge >= 0.3 is 0 Å². The number of aryl methyl sites for hydroxylation is 1. The lowest BCUT2D eigenvalue weighted by Gasteiger charge is -2.23. The van der Waals surface area contributed by atoms with Gasteiger partial charge in [-0.1, -0.05) is 19.9 Å². The molecule has 148 valence electrons. The van der Waals surface area contributed by atoms with Gasteiger partial charge in [-0.25, -0.2) is 8.42 Å². The molecule has 9 heteroatoms. The average molecular weight is 406 g/mol. The lowest BCUT2D eigenvalue weighted by molar-refractivity contribution is -0.117. The molecule has 1 fully saturated rings. The van der Waals surface area contributed by atoms with E-state index in [0.29, 0.717) is 37.6 Å². The Morgan fingerprint density at radius 2 is 2.04 bits per heavy atom. The van der Waals surface area contributed by atoms with Gasteiger partial charge in [0.2, 0.25) is 15.9 Å². The van der Waals surface area contributed by atoms with Gasteiger partial charge in [0.1, 0.15) is 0 Å². The van der Waals surface area contributed by atoms with Crippen LogP contribution in [0.4, 0.5) is 5.69 Å². The largest absolute Gasteiger partial charge is 0.378 e. The number of hydrogen-bond donors (Lipinski definition) is 2. The maximum absolute atomic E-state index is 12.8. The summed E-state index contributed by atoms with van der Waals surface area (Å²) in [6.07, 6.45) is 0.284. The van der Waals surface area contributed by atoms with E-state index in [-0.39, 0.29) is 35.7 Å². The van der Waals surface area contributed by atoms with Crippen LogP contribution in [0.1, 0.15) is 25.8 Å². The standard InChI is InChI=1S/C17H27N3O4S.ClH/c1-4-20(5-2)25(22,23)16-10-14(7-6-13(16)3)19-17(21)11-15-12-24-9-8-18-15;/h6-7,10,15,18H,4-5,8-9,11-12H2,1-3H3,(H,19,21);1H. The van der Waals surface area contributed by atoms with Crippen LogP contribution in [0.25, 0.3) is 0 Å². The van der Waals surface area contributed by atoms with Crippen molar-refractivity contribution in [3.05, 3.63) is 23.8 Å². The highest BCUT2D eigenvalue weighted by molar-refractivity contribution is 7.89. The van der Waals surface area contributed by atoms with Gasteiger partial charge < -0.3 is 15.4 Å². The Hall–Kier alpha value is -1.19. The molecule has 0 saturated carbocycles. The van der Waals surface area contributed by atoms with Gasteiger partial charge in [0.25, 0.3) is 0 Å². The molecule has 1 aromatic carbocycles. The monoisotopic (exact) mass is 405 g/mol. The molecule has 2 rings (SSSR count). The predicted molar refractivity (Wildman–Crippen MR) is 104 cm³/mol. The fraction of sp³-hybridized carbons (Fsp3) is 0.588. The molecule has 0 bridgehead atoms. The number of sulfonamides is 1. The summed E-state index contributed by atoms with van der Waals surface area (Å²) < 4.78 is 32.3. The van der Waals surface area contributed by atoms with E-state index < -0.39 is 10.0 Å². The molecule has 0 aliphatic carbocycles. The summed E-state index contributed by atoms with van der Waals surface area (Å²) in [5, 5.41) is 6.01. The number of anilines is 1. The minimum absolute atomic E-state index is 0. The summed E-state index contributed by atoms with van der Waals surface area (Å²) in [4.78, 5) is 12.4. The number of morpholine rings is 1. The molecule has 1 aromatic rings. The lowest BCUT2D eigenvalue weighted by atomic mass is 10.2. The first kappa shape index (κ1) is 22.9. The summed E-state index contributed by atoms with van der Waals surface area (Å²) in [6, 6.07) is 4.96. The van der Waals surface area contributed by atoms with Crippen molar-refractivity contribution >= 4 is 34.0 Å². The average Bonchev–Trinajstić information content (AvgIpc) is 2.58. The van der Waals surface area contributed by atoms with Crippen molar-refractivity contribution in [2.24, 2.45) is 0 Å². The predicted octanol–water partition coefficient (Wildman–Crippen LogP) is 1.76. The molecule has 7 nitrogen and oxygen atoms in total. The minimum Gasteiger partial charge on any atom is -0.378 e. The van der Waals surface area contributed by atoms with E-state index in [1.807, 2.05) is 0 Å². The molecule has 1 atom stereocenters. The zero-order chi connectivity index (χ0) is 18.4. The third kappa shape index (κ3) is 5.65. The summed E-state index contributed by atoms with van der Waals surface area (Å²) in [6.45, 7) is 8.07. The van der Waals surface area contributed by atoms with Crippen LogP contribution in [0.3, 0.4) is 0 Å². The number of rotatable bonds is 7. The van der Waals surface area contributed by atoms with Crippen molar-refractivity contribution in [3.8, 4) is 0 Å². The van der Waals surface area contributed by atoms with Gasteiger partial charge in [0, 0.05) is 37.8 Å². The van der Waals surface area contributed by atoms with Crippen LogP contribution in [0, 0.1) is 6.92 Å². The topological polar surface area (TPSA) is 87.7 Å². The van der Waals surface area contributed by atoms with E-state index in [1.165, 1.54) is 10.4 Å². The van der Waals surface area contributed by atoms with E-state index in [0.717, 1.165) is 6.54 Å². The Kier molecular flexibility index (Phi) is 8.99. The Morgan fingerprint density at radius 1 is 1.35 bits per heavy atom. The third-order valence-electron chi connectivity index (χ3n) is 4.23. The van der Waals surface area contributed by atoms with E-state index >= 15 is 0 Å². The molecule has 0 spiro atoms. The number of ether oxygens (including phenoxy) is 1. The normalized spacial score (nSPS) is 17.6. The maximum atomic E-state index is 12.8. The van der Waals surface area contributed by atoms with Gasteiger partial charge in [-0.05, 0) is 24.6 Å². The molecule has 0 aromatic heterocycles. The van der Waals surface area contributed by atoms with Crippen LogP contribution in [-0.4, -0.2) is 57.5 Å². The van der Waals surface area contributed by atoms with Crippen LogP contribution in [0.15, 0.2) is 23.1 Å². The fourth-order valence-electron chi connectivity index (χ4n) is 2.85. The van der Waals surface area contributed by atoms with Crippen molar-refractivity contribution < 1.29 is 17.9 Å². The molecular formula is C17H28ClN3O4S. The molecule has 0 radical (unpaired) electrons. The zero-order valence-corrected chi connectivity index (χ0v) is 17.1. The van der Waals surface area contributed by atoms with Crippen molar-refractivity contribution in [1.82, 2.24) is 9.62 Å². The number of carbonyl (C=O) groups excluding carboxylic acids is 1. The van der Waals surface area contributed by atoms with Crippen LogP contribution >= 0.6 is 12.4 Å². The van der Waals surface area contributed by atoms with Crippen LogP contribution in [-0.2, 0) is 19.6 Å². The summed E-state index contributed by atoms with van der Waals surface area (Å²) in [5.41, 5.74) is 1.14. The molecule has 1 heterocycles. The van der Waals surface area contributed by atoms with Crippen molar-refractivity contribution in [3.63, 3.8) is 0 Å². The number of hydrogen-bond acceptors (Lipinski definition) is 5. The highest BCUT2D eigenvalue weighted by Crippen LogP contribution is 2.23. The van der Waals surface area contributed by atoms with Gasteiger partial charge in [-0.2, -0.15) is 4.31 Å². The second-order valence-corrected chi connectivity index (χ2v) is 7.95. The van der Waals surface area contributed by atoms with Crippen LogP contribution < -0.4 is 10.6 Å². The minimum atomic E-state index is -3.57. The Bertz CT molecular complexity index is 702. The lowest BCUT2D eigenvalue weighted by Crippen LogP contribution is -2.43. The van der Waals surface area contributed by atoms with E-state index in [1.54, 1.807) is 32.9 Å². The zero-order valence-electron chi connectivity index (χ0n) is 15.4. The van der Waals surface area contributed by atoms with Gasteiger partial charge in [0.05, 0.1) is 18.1 Å². The summed E-state index contributed by atoms with van der Waals surface area (Å²) >= 11 is 0. The SMILES string of the molecule is CCN(CC)S(=O)(=O)c1cc(NC(=O)CC2COCCN2)ccc1C.Cl. The number of carbonyl (C=O) groups is 1. The number of nitrogens with one attached hydrogen (secondary N) is 2. The molecule has 1 aliphatic rings. The van der Waals surface area contributed by atoms with Crippen molar-refractivity contribution in [1.29, 1.82) is 0 Å². The van der Waals surface area contributed by atoms with Crippen LogP contribution in [0.5, 0.6) is 0 Å². The Morgan fingerprint density at radius 3 is 2.62 bits per heavy atom. The first-order valence-corrected chi connectivity index (χ1v) is 10.0. The second-order valence-electron chi connectivity index (χ2n) is 6.05. The Labute approximate surface area is 161 Å². The number of amides is 1. The number of benzene rings is 1. The van der Waals surface area contributed by atoms with E-state index in [4.69, 9.17) is 4.74 Å². The molecular weight excluding hydrogens is 378 g/mol. The molecule has 1 saturated heterocycles.